The molecule has 0 spiro atoms. The molecule has 0 aliphatic heterocycles. The van der Waals surface area contributed by atoms with E-state index in [0.29, 0.717) is 21.7 Å². The predicted molar refractivity (Wildman–Crippen MR) is 142 cm³/mol. The van der Waals surface area contributed by atoms with Crippen LogP contribution in [-0.4, -0.2) is 50.2 Å². The minimum absolute atomic E-state index is 0.0808. The van der Waals surface area contributed by atoms with Crippen molar-refractivity contribution in [3.8, 4) is 11.6 Å². The normalized spacial score (nSPS) is 12.2. The fraction of sp³-hybridized carbons (Fsp3) is 0.462. The lowest BCUT2D eigenvalue weighted by molar-refractivity contribution is -0.0509. The molecule has 0 fully saturated rings. The smallest absolute Gasteiger partial charge is 0.443 e. The molecule has 1 amide bonds. The highest BCUT2D eigenvalue weighted by Gasteiger charge is 2.35. The summed E-state index contributed by atoms with van der Waals surface area (Å²) >= 11 is 3.46. The molecule has 0 atom stereocenters. The van der Waals surface area contributed by atoms with E-state index in [1.807, 2.05) is 18.2 Å². The van der Waals surface area contributed by atoms with E-state index in [4.69, 9.17) is 18.9 Å². The standard InChI is InChI=1S/C26H33BrN4O6/c1-24(2,3)35-22(32)30(16-26(7,8)37-23(33)36-25(4,5)6)20-14-19(34-17-12-10-9-11-13-17)29-21-18(27)15-28-31(20)21/h9-15H,16H2,1-8H3. The SMILES string of the molecule is CC(C)(C)OC(=O)OC(C)(C)CN(C(=O)OC(C)(C)C)c1cc(Oc2ccccc2)nc2c(Br)cnn12. The second-order valence-corrected chi connectivity index (χ2v) is 11.8. The van der Waals surface area contributed by atoms with E-state index in [2.05, 4.69) is 26.0 Å². The summed E-state index contributed by atoms with van der Waals surface area (Å²) in [5.41, 5.74) is -2.27. The molecule has 2 heterocycles. The number of benzene rings is 1. The van der Waals surface area contributed by atoms with Gasteiger partial charge in [0, 0.05) is 6.07 Å². The Morgan fingerprint density at radius 3 is 2.16 bits per heavy atom. The number of carbonyl (C=O) groups excluding carboxylic acids is 2. The van der Waals surface area contributed by atoms with Crippen LogP contribution in [0.5, 0.6) is 11.6 Å². The molecule has 0 unspecified atom stereocenters. The highest BCUT2D eigenvalue weighted by atomic mass is 79.9. The number of hydrogen-bond donors (Lipinski definition) is 0. The van der Waals surface area contributed by atoms with Gasteiger partial charge in [-0.3, -0.25) is 4.90 Å². The maximum absolute atomic E-state index is 13.5. The van der Waals surface area contributed by atoms with Crippen molar-refractivity contribution in [3.05, 3.63) is 47.1 Å². The molecule has 0 radical (unpaired) electrons. The highest BCUT2D eigenvalue weighted by molar-refractivity contribution is 9.10. The molecule has 10 nitrogen and oxygen atoms in total. The minimum atomic E-state index is -1.17. The van der Waals surface area contributed by atoms with E-state index >= 15 is 0 Å². The molecule has 0 saturated heterocycles. The van der Waals surface area contributed by atoms with Crippen molar-refractivity contribution in [3.63, 3.8) is 0 Å². The summed E-state index contributed by atoms with van der Waals surface area (Å²) in [5.74, 6) is 1.10. The number of carbonyl (C=O) groups is 2. The lowest BCUT2D eigenvalue weighted by atomic mass is 10.1. The van der Waals surface area contributed by atoms with Crippen molar-refractivity contribution >= 4 is 39.6 Å². The number of nitrogens with zero attached hydrogens (tertiary/aromatic N) is 4. The second-order valence-electron chi connectivity index (χ2n) is 11.0. The van der Waals surface area contributed by atoms with Gasteiger partial charge in [-0.1, -0.05) is 18.2 Å². The number of aromatic nitrogens is 3. The van der Waals surface area contributed by atoms with Crippen LogP contribution in [0.2, 0.25) is 0 Å². The van der Waals surface area contributed by atoms with Crippen LogP contribution in [0, 0.1) is 0 Å². The molecule has 0 N–H and O–H groups in total. The first-order valence-corrected chi connectivity index (χ1v) is 12.5. The number of para-hydroxylation sites is 1. The number of anilines is 1. The molecule has 200 valence electrons. The van der Waals surface area contributed by atoms with Crippen LogP contribution < -0.4 is 9.64 Å². The number of ether oxygens (including phenoxy) is 4. The van der Waals surface area contributed by atoms with Crippen molar-refractivity contribution in [2.24, 2.45) is 0 Å². The lowest BCUT2D eigenvalue weighted by Crippen LogP contribution is -2.48. The molecule has 0 saturated carbocycles. The largest absolute Gasteiger partial charge is 0.509 e. The summed E-state index contributed by atoms with van der Waals surface area (Å²) in [6.07, 6.45) is 0.0443. The zero-order valence-corrected chi connectivity index (χ0v) is 24.0. The van der Waals surface area contributed by atoms with Gasteiger partial charge in [0.05, 0.1) is 17.2 Å². The molecule has 0 aliphatic carbocycles. The summed E-state index contributed by atoms with van der Waals surface area (Å²) in [5, 5.41) is 4.38. The van der Waals surface area contributed by atoms with Crippen LogP contribution in [0.1, 0.15) is 55.4 Å². The van der Waals surface area contributed by atoms with Crippen LogP contribution in [0.25, 0.3) is 5.65 Å². The maximum atomic E-state index is 13.5. The molecule has 3 rings (SSSR count). The Balaban J connectivity index is 2.06. The van der Waals surface area contributed by atoms with Crippen molar-refractivity contribution in [1.29, 1.82) is 0 Å². The summed E-state index contributed by atoms with van der Waals surface area (Å²) in [6, 6.07) is 10.7. The first-order valence-electron chi connectivity index (χ1n) is 11.7. The zero-order chi connectivity index (χ0) is 27.6. The van der Waals surface area contributed by atoms with E-state index in [0.717, 1.165) is 0 Å². The Morgan fingerprint density at radius 1 is 0.946 bits per heavy atom. The number of amides is 1. The summed E-state index contributed by atoms with van der Waals surface area (Å²) < 4.78 is 24.7. The monoisotopic (exact) mass is 576 g/mol. The fourth-order valence-electron chi connectivity index (χ4n) is 3.22. The van der Waals surface area contributed by atoms with Gasteiger partial charge in [0.1, 0.15) is 28.4 Å². The topological polar surface area (TPSA) is 104 Å². The Kier molecular flexibility index (Phi) is 8.06. The van der Waals surface area contributed by atoms with Crippen LogP contribution in [0.4, 0.5) is 15.4 Å². The van der Waals surface area contributed by atoms with Crippen LogP contribution >= 0.6 is 15.9 Å². The van der Waals surface area contributed by atoms with Crippen molar-refractivity contribution < 1.29 is 28.5 Å². The van der Waals surface area contributed by atoms with E-state index in [9.17, 15) is 9.59 Å². The van der Waals surface area contributed by atoms with E-state index < -0.39 is 29.1 Å². The third kappa shape index (κ3) is 8.08. The van der Waals surface area contributed by atoms with Crippen molar-refractivity contribution in [2.45, 2.75) is 72.2 Å². The number of rotatable bonds is 6. The first kappa shape index (κ1) is 28.2. The molecule has 2 aromatic heterocycles. The zero-order valence-electron chi connectivity index (χ0n) is 22.4. The van der Waals surface area contributed by atoms with Crippen LogP contribution in [0.3, 0.4) is 0 Å². The Hall–Kier alpha value is -3.34. The van der Waals surface area contributed by atoms with Crippen LogP contribution in [0.15, 0.2) is 47.1 Å². The molecule has 1 aromatic carbocycles. The van der Waals surface area contributed by atoms with Gasteiger partial charge >= 0.3 is 12.2 Å². The van der Waals surface area contributed by atoms with E-state index in [-0.39, 0.29) is 12.4 Å². The molecule has 3 aromatic rings. The van der Waals surface area contributed by atoms with Crippen molar-refractivity contribution in [1.82, 2.24) is 14.6 Å². The third-order valence-corrected chi connectivity index (χ3v) is 5.09. The summed E-state index contributed by atoms with van der Waals surface area (Å²) in [4.78, 5) is 31.8. The number of halogens is 1. The Labute approximate surface area is 225 Å². The molecule has 0 bridgehead atoms. The van der Waals surface area contributed by atoms with Gasteiger partial charge in [-0.2, -0.15) is 14.6 Å². The van der Waals surface area contributed by atoms with Gasteiger partial charge in [0.2, 0.25) is 5.88 Å². The van der Waals surface area contributed by atoms with E-state index in [1.54, 1.807) is 79.8 Å². The lowest BCUT2D eigenvalue weighted by Gasteiger charge is -2.34. The van der Waals surface area contributed by atoms with Gasteiger partial charge in [0.15, 0.2) is 5.65 Å². The summed E-state index contributed by atoms with van der Waals surface area (Å²) in [6.45, 7) is 13.8. The van der Waals surface area contributed by atoms with Crippen LogP contribution in [-0.2, 0) is 14.2 Å². The van der Waals surface area contributed by atoms with Gasteiger partial charge in [-0.15, -0.1) is 0 Å². The van der Waals surface area contributed by atoms with Gasteiger partial charge in [-0.05, 0) is 83.5 Å². The van der Waals surface area contributed by atoms with Gasteiger partial charge in [0.25, 0.3) is 0 Å². The molecular weight excluding hydrogens is 544 g/mol. The Morgan fingerprint density at radius 2 is 1.57 bits per heavy atom. The highest BCUT2D eigenvalue weighted by Crippen LogP contribution is 2.31. The molecule has 11 heteroatoms. The first-order chi connectivity index (χ1) is 17.0. The van der Waals surface area contributed by atoms with E-state index in [1.165, 1.54) is 9.42 Å². The maximum Gasteiger partial charge on any atom is 0.509 e. The molecule has 37 heavy (non-hydrogen) atoms. The Bertz CT molecular complexity index is 1260. The van der Waals surface area contributed by atoms with Gasteiger partial charge < -0.3 is 18.9 Å². The average Bonchev–Trinajstić information content (AvgIpc) is 3.10. The second kappa shape index (κ2) is 10.6. The summed E-state index contributed by atoms with van der Waals surface area (Å²) in [7, 11) is 0. The predicted octanol–water partition coefficient (Wildman–Crippen LogP) is 6.76. The molecule has 0 aliphatic rings. The minimum Gasteiger partial charge on any atom is -0.443 e. The third-order valence-electron chi connectivity index (χ3n) is 4.53. The number of hydrogen-bond acceptors (Lipinski definition) is 8. The van der Waals surface area contributed by atoms with Gasteiger partial charge in [-0.25, -0.2) is 9.59 Å². The molecular formula is C26H33BrN4O6. The fourth-order valence-corrected chi connectivity index (χ4v) is 3.57. The quantitative estimate of drug-likeness (QED) is 0.296. The number of fused-ring (bicyclic) bond motifs is 1. The average molecular weight is 577 g/mol. The van der Waals surface area contributed by atoms with Crippen molar-refractivity contribution in [2.75, 3.05) is 11.4 Å².